The van der Waals surface area contributed by atoms with Crippen molar-refractivity contribution in [3.05, 3.63) is 44.6 Å². The van der Waals surface area contributed by atoms with Crippen molar-refractivity contribution in [3.63, 3.8) is 0 Å². The number of fused-ring (bicyclic) bond motifs is 1. The molecule has 3 nitrogen and oxygen atoms in total. The van der Waals surface area contributed by atoms with Crippen LogP contribution < -0.4 is 9.47 Å². The molecule has 0 saturated heterocycles. The molecule has 3 rings (SSSR count). The Hall–Kier alpha value is -1.33. The molecular formula is C13H9BrO3S. The Bertz CT molecular complexity index is 606. The summed E-state index contributed by atoms with van der Waals surface area (Å²) in [5, 5.41) is 1.89. The molecule has 1 aromatic carbocycles. The molecule has 0 aliphatic carbocycles. The molecule has 0 spiro atoms. The van der Waals surface area contributed by atoms with E-state index in [-0.39, 0.29) is 5.78 Å². The molecule has 2 aromatic rings. The zero-order valence-electron chi connectivity index (χ0n) is 9.31. The van der Waals surface area contributed by atoms with E-state index < -0.39 is 0 Å². The van der Waals surface area contributed by atoms with Crippen molar-refractivity contribution in [3.8, 4) is 11.5 Å². The number of ketones is 1. The minimum atomic E-state index is 0.00248. The van der Waals surface area contributed by atoms with Crippen molar-refractivity contribution in [2.75, 3.05) is 13.2 Å². The zero-order chi connectivity index (χ0) is 12.5. The molecule has 18 heavy (non-hydrogen) atoms. The predicted molar refractivity (Wildman–Crippen MR) is 72.9 cm³/mol. The van der Waals surface area contributed by atoms with Gasteiger partial charge in [-0.05, 0) is 40.2 Å². The van der Waals surface area contributed by atoms with Gasteiger partial charge in [0.25, 0.3) is 0 Å². The first-order valence-corrected chi connectivity index (χ1v) is 7.10. The molecule has 0 amide bonds. The second kappa shape index (κ2) is 4.74. The number of benzene rings is 1. The minimum absolute atomic E-state index is 0.00248. The van der Waals surface area contributed by atoms with Gasteiger partial charge in [0.1, 0.15) is 13.2 Å². The van der Waals surface area contributed by atoms with Gasteiger partial charge in [-0.1, -0.05) is 0 Å². The molecule has 2 heterocycles. The molecule has 0 bridgehead atoms. The fourth-order valence-corrected chi connectivity index (χ4v) is 3.15. The van der Waals surface area contributed by atoms with Crippen LogP contribution in [0.5, 0.6) is 11.5 Å². The Balaban J connectivity index is 1.95. The van der Waals surface area contributed by atoms with Gasteiger partial charge in [-0.2, -0.15) is 0 Å². The van der Waals surface area contributed by atoms with Crippen LogP contribution in [0.25, 0.3) is 0 Å². The Morgan fingerprint density at radius 2 is 1.94 bits per heavy atom. The fraction of sp³-hybridized carbons (Fsp3) is 0.154. The monoisotopic (exact) mass is 324 g/mol. The van der Waals surface area contributed by atoms with Gasteiger partial charge in [-0.25, -0.2) is 0 Å². The van der Waals surface area contributed by atoms with E-state index in [4.69, 9.17) is 9.47 Å². The maximum atomic E-state index is 12.2. The number of thiophene rings is 1. The van der Waals surface area contributed by atoms with Gasteiger partial charge in [-0.15, -0.1) is 11.3 Å². The summed E-state index contributed by atoms with van der Waals surface area (Å²) in [6, 6.07) is 7.11. The van der Waals surface area contributed by atoms with E-state index in [9.17, 15) is 4.79 Å². The molecule has 1 aliphatic rings. The predicted octanol–water partition coefficient (Wildman–Crippen LogP) is 3.51. The van der Waals surface area contributed by atoms with Gasteiger partial charge < -0.3 is 9.47 Å². The maximum Gasteiger partial charge on any atom is 0.203 e. The molecule has 92 valence electrons. The lowest BCUT2D eigenvalue weighted by Gasteiger charge is -2.18. The molecule has 1 aliphatic heterocycles. The second-order valence-electron chi connectivity index (χ2n) is 3.82. The number of halogens is 1. The molecule has 0 saturated carbocycles. The first-order chi connectivity index (χ1) is 8.74. The highest BCUT2D eigenvalue weighted by molar-refractivity contribution is 9.10. The van der Waals surface area contributed by atoms with Crippen molar-refractivity contribution in [2.45, 2.75) is 0 Å². The summed E-state index contributed by atoms with van der Waals surface area (Å²) in [6.45, 7) is 1.08. The quantitative estimate of drug-likeness (QED) is 0.793. The second-order valence-corrected chi connectivity index (χ2v) is 5.64. The highest BCUT2D eigenvalue weighted by Crippen LogP contribution is 2.32. The van der Waals surface area contributed by atoms with Crippen LogP contribution in [-0.4, -0.2) is 19.0 Å². The summed E-state index contributed by atoms with van der Waals surface area (Å²) < 4.78 is 11.8. The van der Waals surface area contributed by atoms with Crippen LogP contribution in [0.3, 0.4) is 0 Å². The fourth-order valence-electron chi connectivity index (χ4n) is 1.76. The van der Waals surface area contributed by atoms with Crippen LogP contribution in [0.15, 0.2) is 34.1 Å². The molecule has 1 aromatic heterocycles. The SMILES string of the molecule is O=C(c1ccc2c(c1)OCCO2)c1cc(Br)cs1. The van der Waals surface area contributed by atoms with Crippen molar-refractivity contribution in [2.24, 2.45) is 0 Å². The van der Waals surface area contributed by atoms with E-state index in [1.54, 1.807) is 18.2 Å². The average molecular weight is 325 g/mol. The average Bonchev–Trinajstić information content (AvgIpc) is 2.84. The van der Waals surface area contributed by atoms with E-state index in [1.165, 1.54) is 11.3 Å². The number of ether oxygens (including phenoxy) is 2. The third-order valence-electron chi connectivity index (χ3n) is 2.60. The lowest BCUT2D eigenvalue weighted by atomic mass is 10.1. The number of carbonyl (C=O) groups is 1. The van der Waals surface area contributed by atoms with E-state index in [0.29, 0.717) is 35.2 Å². The van der Waals surface area contributed by atoms with Crippen molar-refractivity contribution < 1.29 is 14.3 Å². The standard InChI is InChI=1S/C13H9BrO3S/c14-9-6-12(18-7-9)13(15)8-1-2-10-11(5-8)17-4-3-16-10/h1-2,5-7H,3-4H2. The molecule has 0 radical (unpaired) electrons. The van der Waals surface area contributed by atoms with Crippen molar-refractivity contribution in [1.82, 2.24) is 0 Å². The topological polar surface area (TPSA) is 35.5 Å². The van der Waals surface area contributed by atoms with Crippen LogP contribution >= 0.6 is 27.3 Å². The smallest absolute Gasteiger partial charge is 0.203 e. The summed E-state index contributed by atoms with van der Waals surface area (Å²) in [4.78, 5) is 12.9. The van der Waals surface area contributed by atoms with E-state index in [2.05, 4.69) is 15.9 Å². The summed E-state index contributed by atoms with van der Waals surface area (Å²) >= 11 is 4.77. The van der Waals surface area contributed by atoms with Crippen molar-refractivity contribution in [1.29, 1.82) is 0 Å². The Morgan fingerprint density at radius 1 is 1.17 bits per heavy atom. The lowest BCUT2D eigenvalue weighted by Crippen LogP contribution is -2.15. The Morgan fingerprint density at radius 3 is 2.67 bits per heavy atom. The molecule has 0 N–H and O–H groups in total. The highest BCUT2D eigenvalue weighted by atomic mass is 79.9. The first-order valence-electron chi connectivity index (χ1n) is 5.42. The van der Waals surface area contributed by atoms with Crippen molar-refractivity contribution >= 4 is 33.0 Å². The Labute approximate surface area is 116 Å². The molecule has 0 unspecified atom stereocenters. The highest BCUT2D eigenvalue weighted by Gasteiger charge is 2.17. The summed E-state index contributed by atoms with van der Waals surface area (Å²) in [5.41, 5.74) is 0.619. The number of hydrogen-bond donors (Lipinski definition) is 0. The van der Waals surface area contributed by atoms with Crippen LogP contribution in [0.1, 0.15) is 15.2 Å². The van der Waals surface area contributed by atoms with Gasteiger partial charge in [0.15, 0.2) is 11.5 Å². The van der Waals surface area contributed by atoms with Gasteiger partial charge in [0, 0.05) is 15.4 Å². The van der Waals surface area contributed by atoms with Gasteiger partial charge in [-0.3, -0.25) is 4.79 Å². The van der Waals surface area contributed by atoms with E-state index in [0.717, 1.165) is 4.47 Å². The Kier molecular flexibility index (Phi) is 3.09. The first kappa shape index (κ1) is 11.7. The van der Waals surface area contributed by atoms with Crippen LogP contribution in [-0.2, 0) is 0 Å². The van der Waals surface area contributed by atoms with Crippen LogP contribution in [0.2, 0.25) is 0 Å². The minimum Gasteiger partial charge on any atom is -0.486 e. The van der Waals surface area contributed by atoms with E-state index in [1.807, 2.05) is 11.4 Å². The van der Waals surface area contributed by atoms with Gasteiger partial charge >= 0.3 is 0 Å². The van der Waals surface area contributed by atoms with E-state index >= 15 is 0 Å². The molecule has 5 heteroatoms. The number of hydrogen-bond acceptors (Lipinski definition) is 4. The molecule has 0 fully saturated rings. The zero-order valence-corrected chi connectivity index (χ0v) is 11.7. The lowest BCUT2D eigenvalue weighted by molar-refractivity contribution is 0.104. The summed E-state index contributed by atoms with van der Waals surface area (Å²) in [6.07, 6.45) is 0. The van der Waals surface area contributed by atoms with Gasteiger partial charge in [0.2, 0.25) is 5.78 Å². The normalized spacial score (nSPS) is 13.4. The molecule has 0 atom stereocenters. The maximum absolute atomic E-state index is 12.2. The number of rotatable bonds is 2. The van der Waals surface area contributed by atoms with Gasteiger partial charge in [0.05, 0.1) is 4.88 Å². The molecular weight excluding hydrogens is 316 g/mol. The van der Waals surface area contributed by atoms with Crippen LogP contribution in [0.4, 0.5) is 0 Å². The third kappa shape index (κ3) is 2.15. The summed E-state index contributed by atoms with van der Waals surface area (Å²) in [7, 11) is 0. The van der Waals surface area contributed by atoms with Crippen LogP contribution in [0, 0.1) is 0 Å². The number of carbonyl (C=O) groups excluding carboxylic acids is 1. The largest absolute Gasteiger partial charge is 0.486 e. The third-order valence-corrected chi connectivity index (χ3v) is 4.29. The summed E-state index contributed by atoms with van der Waals surface area (Å²) in [5.74, 6) is 1.34.